The van der Waals surface area contributed by atoms with Crippen molar-refractivity contribution >= 4 is 31.9 Å². The molecule has 1 unspecified atom stereocenters. The van der Waals surface area contributed by atoms with Crippen LogP contribution in [-0.2, 0) is 4.74 Å². The number of pyridine rings is 1. The minimum atomic E-state index is 0.000532. The molecule has 2 rings (SSSR count). The highest BCUT2D eigenvalue weighted by atomic mass is 79.9. The van der Waals surface area contributed by atoms with Crippen LogP contribution in [0, 0.1) is 5.92 Å². The van der Waals surface area contributed by atoms with Crippen LogP contribution in [0.2, 0.25) is 0 Å². The normalized spacial score (nSPS) is 19.2. The second-order valence-electron chi connectivity index (χ2n) is 4.42. The van der Waals surface area contributed by atoms with Crippen molar-refractivity contribution in [2.24, 2.45) is 11.7 Å². The van der Waals surface area contributed by atoms with Crippen molar-refractivity contribution in [1.29, 1.82) is 0 Å². The van der Waals surface area contributed by atoms with E-state index in [4.69, 9.17) is 10.5 Å². The van der Waals surface area contributed by atoms with E-state index in [2.05, 4.69) is 36.8 Å². The van der Waals surface area contributed by atoms with E-state index in [1.165, 1.54) is 0 Å². The lowest BCUT2D eigenvalue weighted by Gasteiger charge is -2.24. The lowest BCUT2D eigenvalue weighted by Crippen LogP contribution is -2.22. The van der Waals surface area contributed by atoms with Crippen molar-refractivity contribution in [2.75, 3.05) is 13.2 Å². The zero-order valence-electron chi connectivity index (χ0n) is 9.53. The number of rotatable bonds is 3. The Balaban J connectivity index is 2.00. The molecule has 1 aliphatic heterocycles. The van der Waals surface area contributed by atoms with Gasteiger partial charge in [-0.2, -0.15) is 0 Å². The van der Waals surface area contributed by atoms with E-state index in [-0.39, 0.29) is 6.04 Å². The van der Waals surface area contributed by atoms with Gasteiger partial charge in [0.2, 0.25) is 0 Å². The minimum Gasteiger partial charge on any atom is -0.381 e. The van der Waals surface area contributed by atoms with Crippen molar-refractivity contribution in [2.45, 2.75) is 25.3 Å². The van der Waals surface area contributed by atoms with Gasteiger partial charge in [0.15, 0.2) is 0 Å². The molecule has 0 amide bonds. The second-order valence-corrected chi connectivity index (χ2v) is 6.19. The molecule has 2 heterocycles. The van der Waals surface area contributed by atoms with Crippen LogP contribution in [-0.4, -0.2) is 18.2 Å². The first-order valence-corrected chi connectivity index (χ1v) is 7.39. The number of ether oxygens (including phenoxy) is 1. The Bertz CT molecular complexity index is 381. The topological polar surface area (TPSA) is 48.1 Å². The fourth-order valence-electron chi connectivity index (χ4n) is 2.15. The summed E-state index contributed by atoms with van der Waals surface area (Å²) in [5.41, 5.74) is 7.17. The van der Waals surface area contributed by atoms with Gasteiger partial charge in [-0.3, -0.25) is 4.98 Å². The molecular formula is C12H16Br2N2O. The molecule has 0 spiro atoms. The molecule has 94 valence electrons. The fraction of sp³-hybridized carbons (Fsp3) is 0.583. The maximum Gasteiger partial charge on any atom is 0.0713 e. The molecule has 1 saturated heterocycles. The largest absolute Gasteiger partial charge is 0.381 e. The lowest BCUT2D eigenvalue weighted by atomic mass is 9.91. The Labute approximate surface area is 118 Å². The second kappa shape index (κ2) is 6.27. The maximum absolute atomic E-state index is 6.23. The molecule has 0 radical (unpaired) electrons. The molecule has 0 aliphatic carbocycles. The van der Waals surface area contributed by atoms with Crippen LogP contribution in [0.5, 0.6) is 0 Å². The van der Waals surface area contributed by atoms with Crippen molar-refractivity contribution in [1.82, 2.24) is 4.98 Å². The van der Waals surface area contributed by atoms with E-state index in [1.807, 2.05) is 6.07 Å². The van der Waals surface area contributed by atoms with Gasteiger partial charge in [0.25, 0.3) is 0 Å². The van der Waals surface area contributed by atoms with Crippen molar-refractivity contribution in [3.63, 3.8) is 0 Å². The Kier molecular flexibility index (Phi) is 4.97. The highest BCUT2D eigenvalue weighted by molar-refractivity contribution is 9.11. The van der Waals surface area contributed by atoms with Crippen LogP contribution in [0.25, 0.3) is 0 Å². The molecule has 3 nitrogen and oxygen atoms in total. The molecule has 17 heavy (non-hydrogen) atoms. The molecule has 1 fully saturated rings. The Morgan fingerprint density at radius 2 is 2.12 bits per heavy atom. The van der Waals surface area contributed by atoms with E-state index < -0.39 is 0 Å². The zero-order chi connectivity index (χ0) is 12.3. The number of hydrogen-bond acceptors (Lipinski definition) is 3. The van der Waals surface area contributed by atoms with Crippen molar-refractivity contribution in [3.05, 3.63) is 26.9 Å². The summed E-state index contributed by atoms with van der Waals surface area (Å²) in [5, 5.41) is 0. The molecule has 1 aromatic rings. The first-order valence-electron chi connectivity index (χ1n) is 5.81. The Morgan fingerprint density at radius 1 is 1.41 bits per heavy atom. The van der Waals surface area contributed by atoms with E-state index in [0.29, 0.717) is 5.92 Å². The van der Waals surface area contributed by atoms with Gasteiger partial charge < -0.3 is 10.5 Å². The molecular weight excluding hydrogens is 348 g/mol. The van der Waals surface area contributed by atoms with Gasteiger partial charge in [0, 0.05) is 34.4 Å². The predicted molar refractivity (Wildman–Crippen MR) is 74.7 cm³/mol. The predicted octanol–water partition coefficient (Wildman–Crippen LogP) is 3.42. The third-order valence-electron chi connectivity index (χ3n) is 3.12. The standard InChI is InChI=1S/C12H16Br2N2O/c13-9-6-10(14)12(16-7-9)11(15)5-8-1-3-17-4-2-8/h6-8,11H,1-5,15H2. The molecule has 2 N–H and O–H groups in total. The summed E-state index contributed by atoms with van der Waals surface area (Å²) in [7, 11) is 0. The summed E-state index contributed by atoms with van der Waals surface area (Å²) < 4.78 is 7.30. The quantitative estimate of drug-likeness (QED) is 0.894. The van der Waals surface area contributed by atoms with Crippen LogP contribution in [0.4, 0.5) is 0 Å². The third-order valence-corrected chi connectivity index (χ3v) is 4.18. The average molecular weight is 364 g/mol. The van der Waals surface area contributed by atoms with Crippen LogP contribution >= 0.6 is 31.9 Å². The lowest BCUT2D eigenvalue weighted by molar-refractivity contribution is 0.0617. The van der Waals surface area contributed by atoms with Crippen LogP contribution in [0.3, 0.4) is 0 Å². The number of halogens is 2. The fourth-order valence-corrected chi connectivity index (χ4v) is 3.43. The number of nitrogens with two attached hydrogens (primary N) is 1. The SMILES string of the molecule is NC(CC1CCOCC1)c1ncc(Br)cc1Br. The number of hydrogen-bond donors (Lipinski definition) is 1. The summed E-state index contributed by atoms with van der Waals surface area (Å²) in [6.45, 7) is 1.73. The van der Waals surface area contributed by atoms with Crippen LogP contribution < -0.4 is 5.73 Å². The first-order chi connectivity index (χ1) is 8.16. The van der Waals surface area contributed by atoms with Crippen LogP contribution in [0.15, 0.2) is 21.2 Å². The summed E-state index contributed by atoms with van der Waals surface area (Å²) in [6, 6.07) is 1.99. The maximum atomic E-state index is 6.23. The molecule has 0 saturated carbocycles. The van der Waals surface area contributed by atoms with E-state index in [9.17, 15) is 0 Å². The van der Waals surface area contributed by atoms with E-state index in [1.54, 1.807) is 6.20 Å². The monoisotopic (exact) mass is 362 g/mol. The van der Waals surface area contributed by atoms with Crippen molar-refractivity contribution in [3.8, 4) is 0 Å². The van der Waals surface area contributed by atoms with Gasteiger partial charge in [-0.25, -0.2) is 0 Å². The van der Waals surface area contributed by atoms with Gasteiger partial charge >= 0.3 is 0 Å². The summed E-state index contributed by atoms with van der Waals surface area (Å²) in [4.78, 5) is 4.39. The molecule has 0 aromatic carbocycles. The third kappa shape index (κ3) is 3.74. The molecule has 0 bridgehead atoms. The zero-order valence-corrected chi connectivity index (χ0v) is 12.7. The van der Waals surface area contributed by atoms with Crippen molar-refractivity contribution < 1.29 is 4.74 Å². The summed E-state index contributed by atoms with van der Waals surface area (Å²) in [5.74, 6) is 0.663. The van der Waals surface area contributed by atoms with Gasteiger partial charge in [-0.05, 0) is 63.1 Å². The van der Waals surface area contributed by atoms with Gasteiger partial charge in [0.1, 0.15) is 0 Å². The number of nitrogens with zero attached hydrogens (tertiary/aromatic N) is 1. The first kappa shape index (κ1) is 13.5. The molecule has 1 aliphatic rings. The number of aromatic nitrogens is 1. The van der Waals surface area contributed by atoms with Gasteiger partial charge in [-0.1, -0.05) is 0 Å². The Morgan fingerprint density at radius 3 is 2.76 bits per heavy atom. The summed E-state index contributed by atoms with van der Waals surface area (Å²) >= 11 is 6.91. The molecule has 1 aromatic heterocycles. The smallest absolute Gasteiger partial charge is 0.0713 e. The van der Waals surface area contributed by atoms with Crippen LogP contribution in [0.1, 0.15) is 31.0 Å². The highest BCUT2D eigenvalue weighted by Crippen LogP contribution is 2.29. The molecule has 1 atom stereocenters. The highest BCUT2D eigenvalue weighted by Gasteiger charge is 2.20. The van der Waals surface area contributed by atoms with Gasteiger partial charge in [-0.15, -0.1) is 0 Å². The Hall–Kier alpha value is 0.0300. The molecule has 5 heteroatoms. The average Bonchev–Trinajstić information content (AvgIpc) is 2.30. The van der Waals surface area contributed by atoms with E-state index >= 15 is 0 Å². The van der Waals surface area contributed by atoms with Gasteiger partial charge in [0.05, 0.1) is 5.69 Å². The summed E-state index contributed by atoms with van der Waals surface area (Å²) in [6.07, 6.45) is 5.00. The minimum absolute atomic E-state index is 0.000532. The van der Waals surface area contributed by atoms with E-state index in [0.717, 1.165) is 47.1 Å².